The van der Waals surface area contributed by atoms with Gasteiger partial charge in [0.05, 0.1) is 16.9 Å². The van der Waals surface area contributed by atoms with Gasteiger partial charge in [-0.3, -0.25) is 0 Å². The molecule has 1 atom stereocenters. The van der Waals surface area contributed by atoms with Crippen molar-refractivity contribution in [2.24, 2.45) is 0 Å². The van der Waals surface area contributed by atoms with Gasteiger partial charge in [0.2, 0.25) is 0 Å². The average molecular weight is 352 g/mol. The quantitative estimate of drug-likeness (QED) is 0.808. The van der Waals surface area contributed by atoms with E-state index in [2.05, 4.69) is 46.4 Å². The highest BCUT2D eigenvalue weighted by molar-refractivity contribution is 9.11. The van der Waals surface area contributed by atoms with Crippen LogP contribution in [0.1, 0.15) is 34.9 Å². The van der Waals surface area contributed by atoms with Crippen molar-refractivity contribution >= 4 is 33.0 Å². The van der Waals surface area contributed by atoms with Gasteiger partial charge in [-0.25, -0.2) is 0 Å². The molecule has 0 saturated carbocycles. The summed E-state index contributed by atoms with van der Waals surface area (Å²) in [6, 6.07) is 8.91. The Labute approximate surface area is 132 Å². The third-order valence-electron chi connectivity index (χ3n) is 3.85. The second-order valence-corrected chi connectivity index (χ2v) is 7.72. The van der Waals surface area contributed by atoms with Crippen molar-refractivity contribution in [3.8, 4) is 5.75 Å². The van der Waals surface area contributed by atoms with E-state index in [1.54, 1.807) is 7.11 Å². The molecule has 4 heteroatoms. The van der Waals surface area contributed by atoms with Crippen molar-refractivity contribution in [3.05, 3.63) is 44.1 Å². The van der Waals surface area contributed by atoms with E-state index in [0.717, 1.165) is 5.75 Å². The summed E-state index contributed by atoms with van der Waals surface area (Å²) in [6.45, 7) is 2.12. The summed E-state index contributed by atoms with van der Waals surface area (Å²) < 4.78 is 6.51. The van der Waals surface area contributed by atoms with Crippen molar-refractivity contribution in [1.29, 1.82) is 0 Å². The molecular formula is C16H18BrNOS. The number of benzene rings is 1. The maximum Gasteiger partial charge on any atom is 0.119 e. The summed E-state index contributed by atoms with van der Waals surface area (Å²) in [4.78, 5) is 1.52. The average Bonchev–Trinajstić information content (AvgIpc) is 2.82. The second-order valence-electron chi connectivity index (χ2n) is 5.20. The van der Waals surface area contributed by atoms with Crippen LogP contribution in [0.25, 0.3) is 0 Å². The molecule has 0 saturated heterocycles. The van der Waals surface area contributed by atoms with Crippen molar-refractivity contribution in [1.82, 2.24) is 0 Å². The Morgan fingerprint density at radius 1 is 1.35 bits per heavy atom. The third kappa shape index (κ3) is 2.72. The Morgan fingerprint density at radius 3 is 2.95 bits per heavy atom. The van der Waals surface area contributed by atoms with E-state index >= 15 is 0 Å². The van der Waals surface area contributed by atoms with Crippen LogP contribution in [0.5, 0.6) is 5.75 Å². The topological polar surface area (TPSA) is 21.3 Å². The molecule has 1 heterocycles. The standard InChI is InChI=1S/C16H18BrNOS/c1-10-8-11(19-2)6-7-13(10)18-14-4-3-5-15-12(14)9-16(17)20-15/h6-9,14,18H,3-5H2,1-2H3. The maximum atomic E-state index is 5.27. The van der Waals surface area contributed by atoms with Gasteiger partial charge in [0.25, 0.3) is 0 Å². The molecule has 0 fully saturated rings. The SMILES string of the molecule is COc1ccc(NC2CCCc3sc(Br)cc32)c(C)c1. The van der Waals surface area contributed by atoms with Gasteiger partial charge >= 0.3 is 0 Å². The van der Waals surface area contributed by atoms with Gasteiger partial charge in [0.15, 0.2) is 0 Å². The largest absolute Gasteiger partial charge is 0.497 e. The van der Waals surface area contributed by atoms with Crippen molar-refractivity contribution in [2.75, 3.05) is 12.4 Å². The highest BCUT2D eigenvalue weighted by Crippen LogP contribution is 2.40. The summed E-state index contributed by atoms with van der Waals surface area (Å²) in [7, 11) is 1.71. The number of ether oxygens (including phenoxy) is 1. The van der Waals surface area contributed by atoms with Crippen LogP contribution < -0.4 is 10.1 Å². The van der Waals surface area contributed by atoms with Gasteiger partial charge in [0, 0.05) is 10.6 Å². The second kappa shape index (κ2) is 5.78. The fourth-order valence-electron chi connectivity index (χ4n) is 2.78. The molecule has 3 rings (SSSR count). The number of rotatable bonds is 3. The van der Waals surface area contributed by atoms with E-state index in [0.29, 0.717) is 6.04 Å². The van der Waals surface area contributed by atoms with Crippen LogP contribution >= 0.6 is 27.3 Å². The summed E-state index contributed by atoms with van der Waals surface area (Å²) >= 11 is 5.48. The summed E-state index contributed by atoms with van der Waals surface area (Å²) in [6.07, 6.45) is 3.67. The smallest absolute Gasteiger partial charge is 0.119 e. The highest BCUT2D eigenvalue weighted by Gasteiger charge is 2.22. The minimum absolute atomic E-state index is 0.424. The Bertz CT molecular complexity index is 623. The van der Waals surface area contributed by atoms with Gasteiger partial charge in [-0.2, -0.15) is 0 Å². The maximum absolute atomic E-state index is 5.27. The summed E-state index contributed by atoms with van der Waals surface area (Å²) in [5.74, 6) is 0.913. The molecule has 1 aromatic carbocycles. The van der Waals surface area contributed by atoms with E-state index < -0.39 is 0 Å². The zero-order valence-electron chi connectivity index (χ0n) is 11.7. The zero-order chi connectivity index (χ0) is 14.1. The van der Waals surface area contributed by atoms with Crippen molar-refractivity contribution in [2.45, 2.75) is 32.2 Å². The monoisotopic (exact) mass is 351 g/mol. The van der Waals surface area contributed by atoms with E-state index in [-0.39, 0.29) is 0 Å². The molecule has 2 nitrogen and oxygen atoms in total. The first-order valence-corrected chi connectivity index (χ1v) is 8.47. The number of fused-ring (bicyclic) bond motifs is 1. The van der Waals surface area contributed by atoms with Crippen LogP contribution in [0.15, 0.2) is 28.1 Å². The normalized spacial score (nSPS) is 17.6. The van der Waals surface area contributed by atoms with E-state index in [9.17, 15) is 0 Å². The van der Waals surface area contributed by atoms with Gasteiger partial charge in [-0.15, -0.1) is 11.3 Å². The number of aryl methyl sites for hydroxylation is 2. The minimum Gasteiger partial charge on any atom is -0.497 e. The zero-order valence-corrected chi connectivity index (χ0v) is 14.1. The molecule has 0 spiro atoms. The lowest BCUT2D eigenvalue weighted by Crippen LogP contribution is -2.16. The highest BCUT2D eigenvalue weighted by atomic mass is 79.9. The predicted octanol–water partition coefficient (Wildman–Crippen LogP) is 5.32. The fourth-order valence-corrected chi connectivity index (χ4v) is 4.60. The summed E-state index contributed by atoms with van der Waals surface area (Å²) in [5.41, 5.74) is 3.89. The van der Waals surface area contributed by atoms with Crippen LogP contribution in [-0.2, 0) is 6.42 Å². The van der Waals surface area contributed by atoms with Crippen molar-refractivity contribution < 1.29 is 4.74 Å². The van der Waals surface area contributed by atoms with Crippen LogP contribution in [-0.4, -0.2) is 7.11 Å². The summed E-state index contributed by atoms with van der Waals surface area (Å²) in [5, 5.41) is 3.70. The lowest BCUT2D eigenvalue weighted by Gasteiger charge is -2.25. The number of anilines is 1. The first-order chi connectivity index (χ1) is 9.67. The molecular weight excluding hydrogens is 334 g/mol. The molecule has 2 aromatic rings. The Hall–Kier alpha value is -1.00. The van der Waals surface area contributed by atoms with Crippen molar-refractivity contribution in [3.63, 3.8) is 0 Å². The van der Waals surface area contributed by atoms with Crippen LogP contribution in [0.3, 0.4) is 0 Å². The number of thiophene rings is 1. The van der Waals surface area contributed by atoms with Crippen LogP contribution in [0, 0.1) is 6.92 Å². The van der Waals surface area contributed by atoms with Gasteiger partial charge in [-0.05, 0) is 77.5 Å². The lowest BCUT2D eigenvalue weighted by atomic mass is 9.93. The molecule has 0 bridgehead atoms. The molecule has 106 valence electrons. The van der Waals surface area contributed by atoms with Gasteiger partial charge < -0.3 is 10.1 Å². The fraction of sp³-hybridized carbons (Fsp3) is 0.375. The number of hydrogen-bond acceptors (Lipinski definition) is 3. The molecule has 20 heavy (non-hydrogen) atoms. The molecule has 1 aromatic heterocycles. The van der Waals surface area contributed by atoms with E-state index in [1.165, 1.54) is 44.7 Å². The molecule has 1 N–H and O–H groups in total. The minimum atomic E-state index is 0.424. The number of hydrogen-bond donors (Lipinski definition) is 1. The first-order valence-electron chi connectivity index (χ1n) is 6.86. The van der Waals surface area contributed by atoms with Crippen LogP contribution in [0.2, 0.25) is 0 Å². The van der Waals surface area contributed by atoms with Crippen LogP contribution in [0.4, 0.5) is 5.69 Å². The van der Waals surface area contributed by atoms with Gasteiger partial charge in [-0.1, -0.05) is 0 Å². The molecule has 1 unspecified atom stereocenters. The molecule has 0 aliphatic heterocycles. The number of halogens is 1. The molecule has 1 aliphatic carbocycles. The van der Waals surface area contributed by atoms with Gasteiger partial charge in [0.1, 0.15) is 5.75 Å². The van der Waals surface area contributed by atoms with E-state index in [4.69, 9.17) is 4.74 Å². The molecule has 1 aliphatic rings. The molecule has 0 radical (unpaired) electrons. The number of methoxy groups -OCH3 is 1. The number of nitrogens with one attached hydrogen (secondary N) is 1. The Balaban J connectivity index is 1.85. The first kappa shape index (κ1) is 14.0. The Kier molecular flexibility index (Phi) is 4.03. The molecule has 0 amide bonds. The lowest BCUT2D eigenvalue weighted by molar-refractivity contribution is 0.414. The predicted molar refractivity (Wildman–Crippen MR) is 89.1 cm³/mol. The third-order valence-corrected chi connectivity index (χ3v) is 5.56. The Morgan fingerprint density at radius 2 is 2.20 bits per heavy atom. The van der Waals surface area contributed by atoms with E-state index in [1.807, 2.05) is 17.4 Å².